The van der Waals surface area contributed by atoms with Crippen molar-refractivity contribution in [2.45, 2.75) is 19.5 Å². The first kappa shape index (κ1) is 14.7. The van der Waals surface area contributed by atoms with E-state index in [2.05, 4.69) is 31.2 Å². The molecule has 0 fully saturated rings. The van der Waals surface area contributed by atoms with E-state index in [9.17, 15) is 4.39 Å². The van der Waals surface area contributed by atoms with E-state index in [4.69, 9.17) is 5.73 Å². The predicted molar refractivity (Wildman–Crippen MR) is 80.8 cm³/mol. The van der Waals surface area contributed by atoms with E-state index in [1.165, 1.54) is 11.6 Å². The SMILES string of the molecule is Cc1ccc(C(N)CN(C)Cc2ccccc2F)cc1. The van der Waals surface area contributed by atoms with Crippen LogP contribution in [-0.2, 0) is 6.54 Å². The number of likely N-dealkylation sites (N-methyl/N-ethyl adjacent to an activating group) is 1. The second kappa shape index (κ2) is 6.64. The topological polar surface area (TPSA) is 29.3 Å². The molecule has 0 aromatic heterocycles. The summed E-state index contributed by atoms with van der Waals surface area (Å²) in [6, 6.07) is 15.0. The van der Waals surface area contributed by atoms with E-state index in [1.54, 1.807) is 6.07 Å². The number of aryl methyl sites for hydroxylation is 1. The second-order valence-corrected chi connectivity index (χ2v) is 5.31. The average molecular weight is 272 g/mol. The summed E-state index contributed by atoms with van der Waals surface area (Å²) in [5, 5.41) is 0. The van der Waals surface area contributed by atoms with Crippen LogP contribution in [0.3, 0.4) is 0 Å². The summed E-state index contributed by atoms with van der Waals surface area (Å²) in [5.74, 6) is -0.164. The maximum Gasteiger partial charge on any atom is 0.127 e. The first-order chi connectivity index (χ1) is 9.56. The molecular formula is C17H21FN2. The highest BCUT2D eigenvalue weighted by molar-refractivity contribution is 5.24. The van der Waals surface area contributed by atoms with Crippen LogP contribution >= 0.6 is 0 Å². The minimum absolute atomic E-state index is 0.0626. The zero-order chi connectivity index (χ0) is 14.5. The molecule has 0 heterocycles. The van der Waals surface area contributed by atoms with Gasteiger partial charge < -0.3 is 10.6 Å². The zero-order valence-electron chi connectivity index (χ0n) is 12.0. The van der Waals surface area contributed by atoms with Gasteiger partial charge in [0.25, 0.3) is 0 Å². The van der Waals surface area contributed by atoms with Gasteiger partial charge in [-0.2, -0.15) is 0 Å². The standard InChI is InChI=1S/C17H21FN2/c1-13-7-9-14(10-8-13)17(19)12-20(2)11-15-5-3-4-6-16(15)18/h3-10,17H,11-12,19H2,1-2H3. The van der Waals surface area contributed by atoms with E-state index >= 15 is 0 Å². The van der Waals surface area contributed by atoms with Crippen molar-refractivity contribution in [1.82, 2.24) is 4.90 Å². The summed E-state index contributed by atoms with van der Waals surface area (Å²) < 4.78 is 13.6. The van der Waals surface area contributed by atoms with Gasteiger partial charge in [0.15, 0.2) is 0 Å². The fourth-order valence-corrected chi connectivity index (χ4v) is 2.24. The highest BCUT2D eigenvalue weighted by Gasteiger charge is 2.11. The van der Waals surface area contributed by atoms with E-state index in [0.717, 1.165) is 5.56 Å². The maximum atomic E-state index is 13.6. The lowest BCUT2D eigenvalue weighted by Gasteiger charge is -2.22. The number of nitrogens with two attached hydrogens (primary N) is 1. The largest absolute Gasteiger partial charge is 0.323 e. The first-order valence-corrected chi connectivity index (χ1v) is 6.80. The Balaban J connectivity index is 1.96. The van der Waals surface area contributed by atoms with Crippen molar-refractivity contribution < 1.29 is 4.39 Å². The molecule has 0 saturated heterocycles. The smallest absolute Gasteiger partial charge is 0.127 e. The molecule has 1 atom stereocenters. The average Bonchev–Trinajstić information content (AvgIpc) is 2.42. The van der Waals surface area contributed by atoms with Gasteiger partial charge in [-0.25, -0.2) is 4.39 Å². The van der Waals surface area contributed by atoms with Crippen molar-refractivity contribution >= 4 is 0 Å². The van der Waals surface area contributed by atoms with E-state index < -0.39 is 0 Å². The summed E-state index contributed by atoms with van der Waals surface area (Å²) >= 11 is 0. The molecule has 0 aliphatic heterocycles. The van der Waals surface area contributed by atoms with Gasteiger partial charge in [-0.1, -0.05) is 48.0 Å². The molecule has 0 bridgehead atoms. The third kappa shape index (κ3) is 3.89. The summed E-state index contributed by atoms with van der Waals surface area (Å²) in [5.41, 5.74) is 9.23. The predicted octanol–water partition coefficient (Wildman–Crippen LogP) is 3.27. The normalized spacial score (nSPS) is 12.7. The number of benzene rings is 2. The van der Waals surface area contributed by atoms with Crippen molar-refractivity contribution in [2.75, 3.05) is 13.6 Å². The monoisotopic (exact) mass is 272 g/mol. The molecule has 2 N–H and O–H groups in total. The van der Waals surface area contributed by atoms with Crippen LogP contribution in [-0.4, -0.2) is 18.5 Å². The van der Waals surface area contributed by atoms with E-state index in [0.29, 0.717) is 18.7 Å². The van der Waals surface area contributed by atoms with Gasteiger partial charge in [0.2, 0.25) is 0 Å². The van der Waals surface area contributed by atoms with Gasteiger partial charge in [-0.15, -0.1) is 0 Å². The Bertz CT molecular complexity index is 551. The van der Waals surface area contributed by atoms with Crippen molar-refractivity contribution in [1.29, 1.82) is 0 Å². The van der Waals surface area contributed by atoms with Crippen molar-refractivity contribution in [3.8, 4) is 0 Å². The Kier molecular flexibility index (Phi) is 4.88. The number of hydrogen-bond donors (Lipinski definition) is 1. The highest BCUT2D eigenvalue weighted by atomic mass is 19.1. The molecule has 2 rings (SSSR count). The van der Waals surface area contributed by atoms with Crippen LogP contribution in [0.4, 0.5) is 4.39 Å². The Morgan fingerprint density at radius 1 is 1.10 bits per heavy atom. The fourth-order valence-electron chi connectivity index (χ4n) is 2.24. The third-order valence-electron chi connectivity index (χ3n) is 3.41. The van der Waals surface area contributed by atoms with Crippen molar-refractivity contribution in [3.05, 3.63) is 71.0 Å². The lowest BCUT2D eigenvalue weighted by Crippen LogP contribution is -2.29. The van der Waals surface area contributed by atoms with Gasteiger partial charge in [-0.3, -0.25) is 0 Å². The number of rotatable bonds is 5. The van der Waals surface area contributed by atoms with Crippen LogP contribution in [0.15, 0.2) is 48.5 Å². The van der Waals surface area contributed by atoms with Gasteiger partial charge in [0.05, 0.1) is 0 Å². The van der Waals surface area contributed by atoms with Crippen LogP contribution in [0, 0.1) is 12.7 Å². The van der Waals surface area contributed by atoms with Crippen LogP contribution in [0.2, 0.25) is 0 Å². The summed E-state index contributed by atoms with van der Waals surface area (Å²) in [7, 11) is 1.96. The number of hydrogen-bond acceptors (Lipinski definition) is 2. The van der Waals surface area contributed by atoms with Crippen molar-refractivity contribution in [3.63, 3.8) is 0 Å². The third-order valence-corrected chi connectivity index (χ3v) is 3.41. The molecular weight excluding hydrogens is 251 g/mol. The quantitative estimate of drug-likeness (QED) is 0.905. The van der Waals surface area contributed by atoms with Gasteiger partial charge in [0, 0.05) is 24.7 Å². The molecule has 3 heteroatoms. The first-order valence-electron chi connectivity index (χ1n) is 6.80. The number of halogens is 1. The van der Waals surface area contributed by atoms with Gasteiger partial charge in [-0.05, 0) is 25.6 Å². The molecule has 2 aromatic carbocycles. The molecule has 1 unspecified atom stereocenters. The van der Waals surface area contributed by atoms with Crippen LogP contribution in [0.25, 0.3) is 0 Å². The number of nitrogens with zero attached hydrogens (tertiary/aromatic N) is 1. The Labute approximate surface area is 120 Å². The van der Waals surface area contributed by atoms with Crippen LogP contribution in [0.5, 0.6) is 0 Å². The fraction of sp³-hybridized carbons (Fsp3) is 0.294. The maximum absolute atomic E-state index is 13.6. The minimum Gasteiger partial charge on any atom is -0.323 e. The molecule has 0 radical (unpaired) electrons. The molecule has 0 saturated carbocycles. The Hall–Kier alpha value is -1.71. The molecule has 0 amide bonds. The van der Waals surface area contributed by atoms with Crippen LogP contribution < -0.4 is 5.73 Å². The summed E-state index contributed by atoms with van der Waals surface area (Å²) in [6.07, 6.45) is 0. The van der Waals surface area contributed by atoms with Crippen molar-refractivity contribution in [2.24, 2.45) is 5.73 Å². The molecule has 106 valence electrons. The highest BCUT2D eigenvalue weighted by Crippen LogP contribution is 2.14. The molecule has 0 spiro atoms. The lowest BCUT2D eigenvalue weighted by atomic mass is 10.1. The minimum atomic E-state index is -0.164. The molecule has 0 aliphatic carbocycles. The summed E-state index contributed by atoms with van der Waals surface area (Å²) in [4.78, 5) is 2.04. The van der Waals surface area contributed by atoms with E-state index in [1.807, 2.05) is 24.1 Å². The Morgan fingerprint density at radius 2 is 1.75 bits per heavy atom. The molecule has 2 aromatic rings. The second-order valence-electron chi connectivity index (χ2n) is 5.31. The van der Waals surface area contributed by atoms with Gasteiger partial charge in [0.1, 0.15) is 5.82 Å². The van der Waals surface area contributed by atoms with Gasteiger partial charge >= 0.3 is 0 Å². The molecule has 20 heavy (non-hydrogen) atoms. The van der Waals surface area contributed by atoms with Crippen LogP contribution in [0.1, 0.15) is 22.7 Å². The Morgan fingerprint density at radius 3 is 2.40 bits per heavy atom. The molecule has 2 nitrogen and oxygen atoms in total. The van der Waals surface area contributed by atoms with E-state index in [-0.39, 0.29) is 11.9 Å². The zero-order valence-corrected chi connectivity index (χ0v) is 12.0. The lowest BCUT2D eigenvalue weighted by molar-refractivity contribution is 0.300. The summed E-state index contributed by atoms with van der Waals surface area (Å²) in [6.45, 7) is 3.31. The molecule has 0 aliphatic rings.